The van der Waals surface area contributed by atoms with Gasteiger partial charge in [-0.3, -0.25) is 0 Å². The summed E-state index contributed by atoms with van der Waals surface area (Å²) in [5.74, 6) is 2.96. The highest BCUT2D eigenvalue weighted by Crippen LogP contribution is 2.30. The molecule has 0 atom stereocenters. The Balaban J connectivity index is 2.89. The van der Waals surface area contributed by atoms with Gasteiger partial charge in [0.05, 0.1) is 13.2 Å². The lowest BCUT2D eigenvalue weighted by molar-refractivity contribution is 0.277. The molecule has 1 aromatic rings. The Morgan fingerprint density at radius 1 is 1.06 bits per heavy atom. The Bertz CT molecular complexity index is 319. The van der Waals surface area contributed by atoms with Crippen LogP contribution in [-0.4, -0.2) is 13.2 Å². The lowest BCUT2D eigenvalue weighted by Gasteiger charge is -2.14. The Labute approximate surface area is 98.6 Å². The second kappa shape index (κ2) is 6.41. The quantitative estimate of drug-likeness (QED) is 0.726. The minimum atomic E-state index is 0.661. The minimum absolute atomic E-state index is 0.661. The predicted octanol–water partition coefficient (Wildman–Crippen LogP) is 3.84. The van der Waals surface area contributed by atoms with Crippen molar-refractivity contribution in [3.8, 4) is 11.5 Å². The van der Waals surface area contributed by atoms with Gasteiger partial charge in [0.2, 0.25) is 0 Å². The molecule has 0 bridgehead atoms. The summed E-state index contributed by atoms with van der Waals surface area (Å²) < 4.78 is 11.2. The highest BCUT2D eigenvalue weighted by molar-refractivity contribution is 5.46. The number of ether oxygens (including phenoxy) is 2. The van der Waals surface area contributed by atoms with Gasteiger partial charge in [0.25, 0.3) is 0 Å². The molecule has 0 aliphatic rings. The third-order valence-electron chi connectivity index (χ3n) is 2.28. The molecule has 2 nitrogen and oxygen atoms in total. The van der Waals surface area contributed by atoms with E-state index in [0.717, 1.165) is 24.5 Å². The lowest BCUT2D eigenvalue weighted by Crippen LogP contribution is -2.01. The lowest BCUT2D eigenvalue weighted by atomic mass is 10.0. The van der Waals surface area contributed by atoms with E-state index in [4.69, 9.17) is 9.47 Å². The van der Waals surface area contributed by atoms with Crippen molar-refractivity contribution < 1.29 is 9.47 Å². The number of rotatable bonds is 6. The van der Waals surface area contributed by atoms with Crippen LogP contribution in [0.4, 0.5) is 0 Å². The average Bonchev–Trinajstić information content (AvgIpc) is 2.27. The fraction of sp³-hybridized carbons (Fsp3) is 0.500. The van der Waals surface area contributed by atoms with Crippen LogP contribution in [0, 0.1) is 5.92 Å². The predicted molar refractivity (Wildman–Crippen MR) is 67.1 cm³/mol. The smallest absolute Gasteiger partial charge is 0.161 e. The Kier molecular flexibility index (Phi) is 5.17. The summed E-state index contributed by atoms with van der Waals surface area (Å²) in [5.41, 5.74) is 1.20. The standard InChI is InChI=1S/C14H21O2/c1-5-9-16-13-8-7-12(11(3)4)10-14(13)15-6-2/h7-8,10H,5-6,9H2,1-4H3. The Morgan fingerprint density at radius 2 is 1.81 bits per heavy atom. The molecule has 0 unspecified atom stereocenters. The van der Waals surface area contributed by atoms with Gasteiger partial charge in [0.1, 0.15) is 0 Å². The maximum atomic E-state index is 5.64. The van der Waals surface area contributed by atoms with Crippen molar-refractivity contribution >= 4 is 0 Å². The van der Waals surface area contributed by atoms with E-state index in [-0.39, 0.29) is 0 Å². The van der Waals surface area contributed by atoms with Crippen LogP contribution in [0.15, 0.2) is 18.2 Å². The van der Waals surface area contributed by atoms with Crippen LogP contribution in [0.25, 0.3) is 0 Å². The maximum Gasteiger partial charge on any atom is 0.161 e. The molecule has 0 aliphatic heterocycles. The van der Waals surface area contributed by atoms with Gasteiger partial charge in [-0.1, -0.05) is 26.8 Å². The molecule has 0 aromatic heterocycles. The van der Waals surface area contributed by atoms with Crippen molar-refractivity contribution in [2.45, 2.75) is 34.1 Å². The molecule has 0 aliphatic carbocycles. The fourth-order valence-corrected chi connectivity index (χ4v) is 1.42. The van der Waals surface area contributed by atoms with Crippen LogP contribution in [0.1, 0.15) is 39.7 Å². The average molecular weight is 221 g/mol. The highest BCUT2D eigenvalue weighted by atomic mass is 16.5. The van der Waals surface area contributed by atoms with Gasteiger partial charge in [-0.2, -0.15) is 0 Å². The van der Waals surface area contributed by atoms with Gasteiger partial charge in [-0.15, -0.1) is 0 Å². The second-order valence-corrected chi connectivity index (χ2v) is 3.94. The topological polar surface area (TPSA) is 18.5 Å². The Hall–Kier alpha value is -1.18. The molecule has 2 heteroatoms. The van der Waals surface area contributed by atoms with Crippen LogP contribution >= 0.6 is 0 Å². The minimum Gasteiger partial charge on any atom is -0.490 e. The molecule has 1 radical (unpaired) electrons. The van der Waals surface area contributed by atoms with E-state index >= 15 is 0 Å². The van der Waals surface area contributed by atoms with Crippen LogP contribution in [0.3, 0.4) is 0 Å². The van der Waals surface area contributed by atoms with E-state index in [0.29, 0.717) is 6.61 Å². The largest absolute Gasteiger partial charge is 0.490 e. The molecule has 0 saturated heterocycles. The molecule has 0 N–H and O–H groups in total. The highest BCUT2D eigenvalue weighted by Gasteiger charge is 2.08. The molecule has 0 heterocycles. The monoisotopic (exact) mass is 221 g/mol. The third kappa shape index (κ3) is 3.44. The molecule has 16 heavy (non-hydrogen) atoms. The first kappa shape index (κ1) is 12.9. The van der Waals surface area contributed by atoms with E-state index in [9.17, 15) is 0 Å². The zero-order valence-corrected chi connectivity index (χ0v) is 10.7. The number of hydrogen-bond acceptors (Lipinski definition) is 2. The van der Waals surface area contributed by atoms with Gasteiger partial charge in [0.15, 0.2) is 11.5 Å². The first-order valence-corrected chi connectivity index (χ1v) is 5.89. The van der Waals surface area contributed by atoms with Crippen molar-refractivity contribution in [2.75, 3.05) is 13.2 Å². The summed E-state index contributed by atoms with van der Waals surface area (Å²) in [5, 5.41) is 0. The van der Waals surface area contributed by atoms with Crippen LogP contribution < -0.4 is 9.47 Å². The summed E-state index contributed by atoms with van der Waals surface area (Å²) in [6.45, 7) is 9.66. The first-order chi connectivity index (χ1) is 7.69. The second-order valence-electron chi connectivity index (χ2n) is 3.94. The van der Waals surface area contributed by atoms with E-state index in [1.807, 2.05) is 19.1 Å². The van der Waals surface area contributed by atoms with Gasteiger partial charge in [-0.25, -0.2) is 0 Å². The number of benzene rings is 1. The molecule has 0 saturated carbocycles. The van der Waals surface area contributed by atoms with Crippen LogP contribution in [-0.2, 0) is 0 Å². The molecule has 1 rings (SSSR count). The molecule has 0 amide bonds. The summed E-state index contributed by atoms with van der Waals surface area (Å²) in [7, 11) is 0. The molecule has 0 fully saturated rings. The van der Waals surface area contributed by atoms with Gasteiger partial charge < -0.3 is 9.47 Å². The van der Waals surface area contributed by atoms with Crippen molar-refractivity contribution in [1.82, 2.24) is 0 Å². The summed E-state index contributed by atoms with van der Waals surface area (Å²) >= 11 is 0. The molecule has 89 valence electrons. The normalized spacial score (nSPS) is 10.6. The van der Waals surface area contributed by atoms with Crippen LogP contribution in [0.2, 0.25) is 0 Å². The maximum absolute atomic E-state index is 5.64. The van der Waals surface area contributed by atoms with Gasteiger partial charge in [-0.05, 0) is 37.0 Å². The van der Waals surface area contributed by atoms with Crippen LogP contribution in [0.5, 0.6) is 11.5 Å². The van der Waals surface area contributed by atoms with E-state index in [1.165, 1.54) is 11.5 Å². The zero-order chi connectivity index (χ0) is 12.0. The molecular weight excluding hydrogens is 200 g/mol. The first-order valence-electron chi connectivity index (χ1n) is 5.89. The third-order valence-corrected chi connectivity index (χ3v) is 2.28. The van der Waals surface area contributed by atoms with Gasteiger partial charge in [0, 0.05) is 0 Å². The molecule has 0 spiro atoms. The number of hydrogen-bond donors (Lipinski definition) is 0. The Morgan fingerprint density at radius 3 is 2.38 bits per heavy atom. The summed E-state index contributed by atoms with van der Waals surface area (Å²) in [4.78, 5) is 0. The van der Waals surface area contributed by atoms with E-state index < -0.39 is 0 Å². The fourth-order valence-electron chi connectivity index (χ4n) is 1.42. The van der Waals surface area contributed by atoms with Gasteiger partial charge >= 0.3 is 0 Å². The summed E-state index contributed by atoms with van der Waals surface area (Å²) in [6.07, 6.45) is 1.01. The van der Waals surface area contributed by atoms with Crippen molar-refractivity contribution in [1.29, 1.82) is 0 Å². The SMILES string of the molecule is CCCOc1ccc([C](C)C)cc1OCC. The molecular formula is C14H21O2. The van der Waals surface area contributed by atoms with Crippen molar-refractivity contribution in [3.63, 3.8) is 0 Å². The summed E-state index contributed by atoms with van der Waals surface area (Å²) in [6, 6.07) is 6.11. The van der Waals surface area contributed by atoms with E-state index in [2.05, 4.69) is 26.8 Å². The van der Waals surface area contributed by atoms with Crippen molar-refractivity contribution in [3.05, 3.63) is 29.7 Å². The van der Waals surface area contributed by atoms with E-state index in [1.54, 1.807) is 0 Å². The molecule has 1 aromatic carbocycles. The zero-order valence-electron chi connectivity index (χ0n) is 10.7. The van der Waals surface area contributed by atoms with Crippen molar-refractivity contribution in [2.24, 2.45) is 0 Å².